The van der Waals surface area contributed by atoms with Gasteiger partial charge in [0.25, 0.3) is 5.56 Å². The van der Waals surface area contributed by atoms with Crippen LogP contribution < -0.4 is 26.6 Å². The summed E-state index contributed by atoms with van der Waals surface area (Å²) in [7, 11) is 1.35. The molecule has 2 unspecified atom stereocenters. The largest absolute Gasteiger partial charge is 0.493 e. The molecule has 7 nitrogen and oxygen atoms in total. The summed E-state index contributed by atoms with van der Waals surface area (Å²) >= 11 is 0. The number of piperidine rings is 1. The zero-order valence-electron chi connectivity index (χ0n) is 16.5. The van der Waals surface area contributed by atoms with Crippen LogP contribution in [0.5, 0.6) is 5.75 Å². The second-order valence-electron chi connectivity index (χ2n) is 7.97. The van der Waals surface area contributed by atoms with Crippen molar-refractivity contribution in [2.45, 2.75) is 51.6 Å². The number of nitrogens with one attached hydrogen (secondary N) is 1. The number of hydrogen-bond donors (Lipinski definition) is 2. The number of anilines is 1. The first-order valence-electron chi connectivity index (χ1n) is 9.94. The second-order valence-corrected chi connectivity index (χ2v) is 7.97. The number of benzene rings is 1. The summed E-state index contributed by atoms with van der Waals surface area (Å²) in [5.74, 6) is -0.270. The van der Waals surface area contributed by atoms with Gasteiger partial charge in [-0.1, -0.05) is 13.3 Å². The number of aromatic nitrogens is 2. The molecular weight excluding hydrogens is 363 g/mol. The fourth-order valence-corrected chi connectivity index (χ4v) is 4.61. The molecule has 1 aromatic carbocycles. The summed E-state index contributed by atoms with van der Waals surface area (Å²) in [6.45, 7) is 5.10. The Morgan fingerprint density at radius 1 is 1.29 bits per heavy atom. The number of aryl methyl sites for hydroxylation is 1. The molecule has 3 N–H and O–H groups in total. The first-order chi connectivity index (χ1) is 13.4. The molecule has 1 saturated carbocycles. The highest BCUT2D eigenvalue weighted by atomic mass is 19.1. The van der Waals surface area contributed by atoms with Crippen LogP contribution in [0.25, 0.3) is 10.9 Å². The molecular formula is C20H27FN4O3. The molecule has 2 atom stereocenters. The van der Waals surface area contributed by atoms with Crippen molar-refractivity contribution >= 4 is 16.6 Å². The van der Waals surface area contributed by atoms with Gasteiger partial charge < -0.3 is 15.4 Å². The Morgan fingerprint density at radius 2 is 2.00 bits per heavy atom. The van der Waals surface area contributed by atoms with Crippen molar-refractivity contribution in [3.05, 3.63) is 32.2 Å². The van der Waals surface area contributed by atoms with Crippen LogP contribution in [0.15, 0.2) is 9.59 Å². The number of methoxy groups -OCH3 is 1. The zero-order chi connectivity index (χ0) is 20.2. The van der Waals surface area contributed by atoms with E-state index in [9.17, 15) is 9.59 Å². The monoisotopic (exact) mass is 390 g/mol. The molecule has 2 heterocycles. The van der Waals surface area contributed by atoms with E-state index < -0.39 is 17.1 Å². The minimum atomic E-state index is -0.622. The van der Waals surface area contributed by atoms with Gasteiger partial charge in [-0.05, 0) is 32.1 Å². The minimum absolute atomic E-state index is 0.0293. The van der Waals surface area contributed by atoms with Gasteiger partial charge >= 0.3 is 5.69 Å². The van der Waals surface area contributed by atoms with E-state index in [0.29, 0.717) is 35.8 Å². The lowest BCUT2D eigenvalue weighted by Crippen LogP contribution is -2.49. The maximum Gasteiger partial charge on any atom is 0.329 e. The lowest BCUT2D eigenvalue weighted by molar-refractivity contribution is 0.339. The Labute approximate surface area is 162 Å². The highest BCUT2D eigenvalue weighted by Crippen LogP contribution is 2.42. The summed E-state index contributed by atoms with van der Waals surface area (Å²) in [5, 5.41) is 0.0977. The first-order valence-corrected chi connectivity index (χ1v) is 9.94. The third kappa shape index (κ3) is 2.82. The topological polar surface area (TPSA) is 93.3 Å². The Balaban J connectivity index is 1.99. The summed E-state index contributed by atoms with van der Waals surface area (Å²) in [6.07, 6.45) is 3.60. The number of H-pyrrole nitrogens is 1. The van der Waals surface area contributed by atoms with E-state index in [2.05, 4.69) is 11.9 Å². The average Bonchev–Trinajstić information content (AvgIpc) is 3.48. The smallest absolute Gasteiger partial charge is 0.329 e. The van der Waals surface area contributed by atoms with Crippen LogP contribution in [0.3, 0.4) is 0 Å². The van der Waals surface area contributed by atoms with E-state index in [0.717, 1.165) is 25.7 Å². The van der Waals surface area contributed by atoms with Gasteiger partial charge in [0.2, 0.25) is 0 Å². The number of rotatable bonds is 4. The van der Waals surface area contributed by atoms with Crippen LogP contribution in [0.1, 0.15) is 44.2 Å². The van der Waals surface area contributed by atoms with Crippen LogP contribution in [-0.2, 0) is 0 Å². The quantitative estimate of drug-likeness (QED) is 0.833. The van der Waals surface area contributed by atoms with Crippen molar-refractivity contribution in [2.75, 3.05) is 25.1 Å². The van der Waals surface area contributed by atoms with Crippen molar-refractivity contribution in [1.29, 1.82) is 0 Å². The normalized spacial score (nSPS) is 22.7. The van der Waals surface area contributed by atoms with Crippen LogP contribution in [-0.4, -0.2) is 35.8 Å². The van der Waals surface area contributed by atoms with Gasteiger partial charge in [0.15, 0.2) is 11.6 Å². The third-order valence-corrected chi connectivity index (χ3v) is 6.25. The Bertz CT molecular complexity index is 1040. The van der Waals surface area contributed by atoms with Gasteiger partial charge in [0.1, 0.15) is 5.39 Å². The number of aromatic amines is 1. The van der Waals surface area contributed by atoms with Gasteiger partial charge in [0.05, 0.1) is 18.3 Å². The van der Waals surface area contributed by atoms with Crippen molar-refractivity contribution in [1.82, 2.24) is 9.55 Å². The summed E-state index contributed by atoms with van der Waals surface area (Å²) in [4.78, 5) is 29.3. The summed E-state index contributed by atoms with van der Waals surface area (Å²) < 4.78 is 22.5. The van der Waals surface area contributed by atoms with Crippen molar-refractivity contribution in [2.24, 2.45) is 11.7 Å². The zero-order valence-corrected chi connectivity index (χ0v) is 16.5. The van der Waals surface area contributed by atoms with Crippen LogP contribution in [0, 0.1) is 18.7 Å². The molecule has 1 aliphatic heterocycles. The molecule has 2 aromatic rings. The van der Waals surface area contributed by atoms with Gasteiger partial charge in [0, 0.05) is 30.7 Å². The van der Waals surface area contributed by atoms with Crippen molar-refractivity contribution < 1.29 is 9.13 Å². The molecule has 0 bridgehead atoms. The molecule has 1 aliphatic carbocycles. The summed E-state index contributed by atoms with van der Waals surface area (Å²) in [5.41, 5.74) is 6.70. The molecule has 2 aliphatic rings. The SMILES string of the molecule is CCC1CCN(c2c(F)c(OC)c3c(=O)[nH]c(=O)n(C4CC4)c3c2C)CC1N. The van der Waals surface area contributed by atoms with E-state index in [1.54, 1.807) is 11.5 Å². The summed E-state index contributed by atoms with van der Waals surface area (Å²) in [6, 6.07) is -0.0225. The lowest BCUT2D eigenvalue weighted by atomic mass is 9.89. The van der Waals surface area contributed by atoms with Gasteiger partial charge in [-0.2, -0.15) is 0 Å². The number of nitrogens with two attached hydrogens (primary N) is 1. The molecule has 1 saturated heterocycles. The average molecular weight is 390 g/mol. The second kappa shape index (κ2) is 6.92. The Kier molecular flexibility index (Phi) is 4.69. The predicted octanol–water partition coefficient (Wildman–Crippen LogP) is 2.04. The molecule has 0 amide bonds. The van der Waals surface area contributed by atoms with E-state index in [1.807, 2.05) is 4.90 Å². The maximum atomic E-state index is 15.5. The maximum absolute atomic E-state index is 15.5. The minimum Gasteiger partial charge on any atom is -0.493 e. The van der Waals surface area contributed by atoms with Crippen molar-refractivity contribution in [3.63, 3.8) is 0 Å². The number of ether oxygens (including phenoxy) is 1. The molecule has 4 rings (SSSR count). The Morgan fingerprint density at radius 3 is 2.57 bits per heavy atom. The first kappa shape index (κ1) is 19.0. The molecule has 2 fully saturated rings. The lowest BCUT2D eigenvalue weighted by Gasteiger charge is -2.39. The highest BCUT2D eigenvalue weighted by molar-refractivity contribution is 5.93. The van der Waals surface area contributed by atoms with Gasteiger partial charge in [-0.3, -0.25) is 14.3 Å². The number of fused-ring (bicyclic) bond motifs is 1. The number of hydrogen-bond acceptors (Lipinski definition) is 5. The highest BCUT2D eigenvalue weighted by Gasteiger charge is 2.34. The van der Waals surface area contributed by atoms with Crippen molar-refractivity contribution in [3.8, 4) is 5.75 Å². The fourth-order valence-electron chi connectivity index (χ4n) is 4.61. The van der Waals surface area contributed by atoms with Gasteiger partial charge in [-0.25, -0.2) is 9.18 Å². The predicted molar refractivity (Wildman–Crippen MR) is 107 cm³/mol. The molecule has 0 radical (unpaired) electrons. The fraction of sp³-hybridized carbons (Fsp3) is 0.600. The van der Waals surface area contributed by atoms with E-state index in [4.69, 9.17) is 10.5 Å². The molecule has 1 aromatic heterocycles. The van der Waals surface area contributed by atoms with E-state index >= 15 is 4.39 Å². The van der Waals surface area contributed by atoms with Gasteiger partial charge in [-0.15, -0.1) is 0 Å². The molecule has 28 heavy (non-hydrogen) atoms. The Hall–Kier alpha value is -2.35. The third-order valence-electron chi connectivity index (χ3n) is 6.25. The molecule has 8 heteroatoms. The standard InChI is InChI=1S/C20H27FN4O3/c1-4-11-7-8-24(9-13(11)22)17-10(2)16-14(18(28-3)15(17)21)19(26)23-20(27)25(16)12-5-6-12/h11-13H,4-9,22H2,1-3H3,(H,23,26,27). The van der Waals surface area contributed by atoms with Crippen LogP contribution in [0.2, 0.25) is 0 Å². The number of nitrogens with zero attached hydrogens (tertiary/aromatic N) is 2. The van der Waals surface area contributed by atoms with E-state index in [1.165, 1.54) is 7.11 Å². The van der Waals surface area contributed by atoms with Crippen LogP contribution >= 0.6 is 0 Å². The molecule has 152 valence electrons. The van der Waals surface area contributed by atoms with E-state index in [-0.39, 0.29) is 23.2 Å². The number of halogens is 1. The molecule has 0 spiro atoms. The van der Waals surface area contributed by atoms with Crippen LogP contribution in [0.4, 0.5) is 10.1 Å².